The molecule has 0 radical (unpaired) electrons. The van der Waals surface area contributed by atoms with Crippen LogP contribution in [-0.2, 0) is 0 Å². The second-order valence-corrected chi connectivity index (χ2v) is 6.12. The van der Waals surface area contributed by atoms with E-state index in [1.165, 1.54) is 50.7 Å². The summed E-state index contributed by atoms with van der Waals surface area (Å²) in [6.07, 6.45) is 9.94. The molecule has 3 N–H and O–H groups in total. The first-order valence-corrected chi connectivity index (χ1v) is 7.01. The molecule has 0 heterocycles. The number of hydrogen-bond acceptors (Lipinski definition) is 3. The van der Waals surface area contributed by atoms with Crippen LogP contribution < -0.4 is 11.3 Å². The van der Waals surface area contributed by atoms with Gasteiger partial charge < -0.3 is 0 Å². The third-order valence-electron chi connectivity index (χ3n) is 3.39. The van der Waals surface area contributed by atoms with E-state index in [9.17, 15) is 0 Å². The molecule has 0 aliphatic heterocycles. The first kappa shape index (κ1) is 10.8. The van der Waals surface area contributed by atoms with E-state index in [2.05, 4.69) is 17.2 Å². The molecule has 3 heteroatoms. The van der Waals surface area contributed by atoms with Gasteiger partial charge >= 0.3 is 0 Å². The molecular weight excluding hydrogens is 192 g/mol. The summed E-state index contributed by atoms with van der Waals surface area (Å²) in [7, 11) is 0. The minimum atomic E-state index is 0.563. The highest BCUT2D eigenvalue weighted by atomic mass is 32.2. The number of hydrazine groups is 1. The molecule has 1 atom stereocenters. The average molecular weight is 214 g/mol. The predicted molar refractivity (Wildman–Crippen MR) is 63.2 cm³/mol. The molecule has 2 rings (SSSR count). The Bertz CT molecular complexity index is 165. The number of nitrogens with one attached hydrogen (secondary N) is 1. The molecule has 14 heavy (non-hydrogen) atoms. The Morgan fingerprint density at radius 3 is 2.50 bits per heavy atom. The van der Waals surface area contributed by atoms with Crippen molar-refractivity contribution in [3.05, 3.63) is 0 Å². The van der Waals surface area contributed by atoms with Crippen LogP contribution in [0.1, 0.15) is 44.9 Å². The third-order valence-corrected chi connectivity index (χ3v) is 4.92. The van der Waals surface area contributed by atoms with Gasteiger partial charge in [0.15, 0.2) is 0 Å². The van der Waals surface area contributed by atoms with Crippen LogP contribution in [0.25, 0.3) is 0 Å². The van der Waals surface area contributed by atoms with Crippen LogP contribution >= 0.6 is 11.8 Å². The Morgan fingerprint density at radius 1 is 1.21 bits per heavy atom. The van der Waals surface area contributed by atoms with E-state index in [0.717, 1.165) is 11.2 Å². The molecule has 2 aliphatic carbocycles. The second kappa shape index (κ2) is 5.38. The van der Waals surface area contributed by atoms with E-state index >= 15 is 0 Å². The van der Waals surface area contributed by atoms with Crippen LogP contribution in [0, 0.1) is 5.92 Å². The highest BCUT2D eigenvalue weighted by Crippen LogP contribution is 2.35. The maximum atomic E-state index is 5.57. The van der Waals surface area contributed by atoms with Crippen molar-refractivity contribution in [2.24, 2.45) is 11.8 Å². The summed E-state index contributed by atoms with van der Waals surface area (Å²) in [5.41, 5.74) is 2.98. The molecule has 82 valence electrons. The van der Waals surface area contributed by atoms with Crippen molar-refractivity contribution >= 4 is 11.8 Å². The quantitative estimate of drug-likeness (QED) is 0.526. The molecule has 2 saturated carbocycles. The van der Waals surface area contributed by atoms with Crippen molar-refractivity contribution in [2.75, 3.05) is 5.75 Å². The van der Waals surface area contributed by atoms with Crippen molar-refractivity contribution in [3.8, 4) is 0 Å². The third kappa shape index (κ3) is 3.44. The van der Waals surface area contributed by atoms with Gasteiger partial charge in [-0.1, -0.05) is 25.7 Å². The zero-order valence-electron chi connectivity index (χ0n) is 8.87. The highest BCUT2D eigenvalue weighted by molar-refractivity contribution is 7.99. The van der Waals surface area contributed by atoms with Gasteiger partial charge in [0, 0.05) is 17.0 Å². The van der Waals surface area contributed by atoms with Gasteiger partial charge in [-0.3, -0.25) is 11.3 Å². The molecule has 0 spiro atoms. The fourth-order valence-electron chi connectivity index (χ4n) is 2.25. The van der Waals surface area contributed by atoms with Gasteiger partial charge in [-0.05, 0) is 25.2 Å². The molecule has 0 bridgehead atoms. The molecule has 2 nitrogen and oxygen atoms in total. The summed E-state index contributed by atoms with van der Waals surface area (Å²) in [6.45, 7) is 0. The van der Waals surface area contributed by atoms with E-state index in [-0.39, 0.29) is 0 Å². The second-order valence-electron chi connectivity index (χ2n) is 4.78. The van der Waals surface area contributed by atoms with Gasteiger partial charge in [-0.25, -0.2) is 0 Å². The fraction of sp³-hybridized carbons (Fsp3) is 1.00. The standard InChI is InChI=1S/C11H22N2S/c12-13-10(7-9-5-6-9)8-14-11-3-1-2-4-11/h9-11,13H,1-8,12H2. The highest BCUT2D eigenvalue weighted by Gasteiger charge is 2.25. The largest absolute Gasteiger partial charge is 0.271 e. The van der Waals surface area contributed by atoms with E-state index in [1.54, 1.807) is 0 Å². The SMILES string of the molecule is NNC(CSC1CCCC1)CC1CC1. The number of nitrogens with two attached hydrogens (primary N) is 1. The molecule has 0 saturated heterocycles. The smallest absolute Gasteiger partial charge is 0.0303 e. The van der Waals surface area contributed by atoms with Crippen LogP contribution in [0.5, 0.6) is 0 Å². The molecular formula is C11H22N2S. The Morgan fingerprint density at radius 2 is 1.93 bits per heavy atom. The van der Waals surface area contributed by atoms with Gasteiger partial charge in [0.25, 0.3) is 0 Å². The van der Waals surface area contributed by atoms with E-state index < -0.39 is 0 Å². The number of rotatable bonds is 6. The Balaban J connectivity index is 1.60. The Hall–Kier alpha value is 0.270. The monoisotopic (exact) mass is 214 g/mol. The van der Waals surface area contributed by atoms with E-state index in [1.807, 2.05) is 0 Å². The maximum absolute atomic E-state index is 5.57. The van der Waals surface area contributed by atoms with Crippen molar-refractivity contribution in [1.29, 1.82) is 0 Å². The van der Waals surface area contributed by atoms with Crippen molar-refractivity contribution in [1.82, 2.24) is 5.43 Å². The lowest BCUT2D eigenvalue weighted by atomic mass is 10.2. The lowest BCUT2D eigenvalue weighted by Crippen LogP contribution is -2.37. The lowest BCUT2D eigenvalue weighted by molar-refractivity contribution is 0.508. The zero-order chi connectivity index (χ0) is 9.80. The van der Waals surface area contributed by atoms with Gasteiger partial charge in [0.05, 0.1) is 0 Å². The molecule has 0 aromatic heterocycles. The normalized spacial score (nSPS) is 25.5. The molecule has 1 unspecified atom stereocenters. The molecule has 0 amide bonds. The molecule has 0 aromatic carbocycles. The topological polar surface area (TPSA) is 38.0 Å². The van der Waals surface area contributed by atoms with Crippen LogP contribution in [0.4, 0.5) is 0 Å². The summed E-state index contributed by atoms with van der Waals surface area (Å²) >= 11 is 2.14. The summed E-state index contributed by atoms with van der Waals surface area (Å²) in [5, 5.41) is 0.935. The minimum Gasteiger partial charge on any atom is -0.271 e. The molecule has 2 fully saturated rings. The van der Waals surface area contributed by atoms with Crippen molar-refractivity contribution < 1.29 is 0 Å². The summed E-state index contributed by atoms with van der Waals surface area (Å²) in [5.74, 6) is 7.78. The fourth-order valence-corrected chi connectivity index (χ4v) is 3.65. The van der Waals surface area contributed by atoms with E-state index in [0.29, 0.717) is 6.04 Å². The van der Waals surface area contributed by atoms with Crippen molar-refractivity contribution in [3.63, 3.8) is 0 Å². The lowest BCUT2D eigenvalue weighted by Gasteiger charge is -2.17. The van der Waals surface area contributed by atoms with Crippen LogP contribution in [0.15, 0.2) is 0 Å². The van der Waals surface area contributed by atoms with Gasteiger partial charge in [0.2, 0.25) is 0 Å². The first-order chi connectivity index (χ1) is 6.88. The van der Waals surface area contributed by atoms with Crippen molar-refractivity contribution in [2.45, 2.75) is 56.2 Å². The Labute approximate surface area is 91.4 Å². The number of thioether (sulfide) groups is 1. The minimum absolute atomic E-state index is 0.563. The average Bonchev–Trinajstić information content (AvgIpc) is 2.86. The summed E-state index contributed by atoms with van der Waals surface area (Å²) < 4.78 is 0. The molecule has 2 aliphatic rings. The zero-order valence-corrected chi connectivity index (χ0v) is 9.69. The van der Waals surface area contributed by atoms with Gasteiger partial charge in [0.1, 0.15) is 0 Å². The Kier molecular flexibility index (Phi) is 4.14. The molecule has 0 aromatic rings. The van der Waals surface area contributed by atoms with Gasteiger partial charge in [-0.2, -0.15) is 11.8 Å². The van der Waals surface area contributed by atoms with Crippen LogP contribution in [0.3, 0.4) is 0 Å². The summed E-state index contributed by atoms with van der Waals surface area (Å²) in [4.78, 5) is 0. The summed E-state index contributed by atoms with van der Waals surface area (Å²) in [6, 6.07) is 0.563. The maximum Gasteiger partial charge on any atom is 0.0303 e. The van der Waals surface area contributed by atoms with E-state index in [4.69, 9.17) is 5.84 Å². The van der Waals surface area contributed by atoms with Crippen LogP contribution in [0.2, 0.25) is 0 Å². The van der Waals surface area contributed by atoms with Gasteiger partial charge in [-0.15, -0.1) is 0 Å². The van der Waals surface area contributed by atoms with Crippen LogP contribution in [-0.4, -0.2) is 17.0 Å². The first-order valence-electron chi connectivity index (χ1n) is 5.96. The number of hydrogen-bond donors (Lipinski definition) is 2. The predicted octanol–water partition coefficient (Wildman–Crippen LogP) is 2.29.